The van der Waals surface area contributed by atoms with Crippen molar-refractivity contribution in [3.05, 3.63) is 29.8 Å². The summed E-state index contributed by atoms with van der Waals surface area (Å²) < 4.78 is 37.8. The Kier molecular flexibility index (Phi) is 3.46. The molecule has 2 rings (SSSR count). The Morgan fingerprint density at radius 1 is 1.21 bits per heavy atom. The van der Waals surface area contributed by atoms with Gasteiger partial charge in [0.25, 0.3) is 0 Å². The maximum absolute atomic E-state index is 12.6. The van der Waals surface area contributed by atoms with E-state index < -0.39 is 23.7 Å². The summed E-state index contributed by atoms with van der Waals surface area (Å²) in [7, 11) is 0. The van der Waals surface area contributed by atoms with Crippen LogP contribution < -0.4 is 10.2 Å². The van der Waals surface area contributed by atoms with Crippen molar-refractivity contribution >= 4 is 17.6 Å². The van der Waals surface area contributed by atoms with Gasteiger partial charge in [0.2, 0.25) is 5.91 Å². The molecular formula is C12H11F3N2O2. The second kappa shape index (κ2) is 4.91. The van der Waals surface area contributed by atoms with Gasteiger partial charge in [-0.3, -0.25) is 4.79 Å². The number of nitrogens with one attached hydrogen (secondary N) is 1. The van der Waals surface area contributed by atoms with Crippen LogP contribution in [-0.2, 0) is 11.0 Å². The van der Waals surface area contributed by atoms with Gasteiger partial charge in [0.1, 0.15) is 0 Å². The van der Waals surface area contributed by atoms with Crippen molar-refractivity contribution in [1.82, 2.24) is 5.32 Å². The molecule has 1 heterocycles. The molecule has 0 unspecified atom stereocenters. The Morgan fingerprint density at radius 2 is 1.95 bits per heavy atom. The Labute approximate surface area is 107 Å². The average Bonchev–Trinajstić information content (AvgIpc) is 2.50. The lowest BCUT2D eigenvalue weighted by Gasteiger charge is -2.19. The molecule has 102 valence electrons. The molecule has 0 atom stereocenters. The fourth-order valence-corrected chi connectivity index (χ4v) is 1.82. The third-order valence-electron chi connectivity index (χ3n) is 2.73. The van der Waals surface area contributed by atoms with E-state index >= 15 is 0 Å². The van der Waals surface area contributed by atoms with Crippen molar-refractivity contribution in [2.45, 2.75) is 19.0 Å². The second-order valence-electron chi connectivity index (χ2n) is 4.11. The van der Waals surface area contributed by atoms with Crippen LogP contribution in [0.15, 0.2) is 24.3 Å². The van der Waals surface area contributed by atoms with Crippen LogP contribution in [-0.4, -0.2) is 18.5 Å². The Balaban J connectivity index is 2.39. The largest absolute Gasteiger partial charge is 0.416 e. The lowest BCUT2D eigenvalue weighted by molar-refractivity contribution is -0.137. The highest BCUT2D eigenvalue weighted by Gasteiger charge is 2.32. The number of nitrogens with zero attached hydrogens (tertiary/aromatic N) is 1. The normalized spacial score (nSPS) is 17.1. The summed E-state index contributed by atoms with van der Waals surface area (Å²) in [5.74, 6) is -0.505. The summed E-state index contributed by atoms with van der Waals surface area (Å²) in [6, 6.07) is 3.47. The molecule has 19 heavy (non-hydrogen) atoms. The maximum atomic E-state index is 12.6. The first-order valence-electron chi connectivity index (χ1n) is 5.67. The molecule has 1 N–H and O–H groups in total. The molecule has 0 bridgehead atoms. The predicted octanol–water partition coefficient (Wildman–Crippen LogP) is 2.54. The van der Waals surface area contributed by atoms with Gasteiger partial charge in [0.15, 0.2) is 0 Å². The zero-order valence-corrected chi connectivity index (χ0v) is 9.83. The van der Waals surface area contributed by atoms with Gasteiger partial charge >= 0.3 is 12.2 Å². The van der Waals surface area contributed by atoms with Gasteiger partial charge in [-0.25, -0.2) is 9.69 Å². The van der Waals surface area contributed by atoms with Crippen LogP contribution in [0.25, 0.3) is 0 Å². The fourth-order valence-electron chi connectivity index (χ4n) is 1.82. The number of halogens is 3. The first-order chi connectivity index (χ1) is 8.89. The van der Waals surface area contributed by atoms with Crippen LogP contribution in [0.2, 0.25) is 0 Å². The maximum Gasteiger partial charge on any atom is 0.416 e. The summed E-state index contributed by atoms with van der Waals surface area (Å²) in [6.45, 7) is 0.333. The smallest absolute Gasteiger partial charge is 0.337 e. The zero-order valence-electron chi connectivity index (χ0n) is 9.83. The summed E-state index contributed by atoms with van der Waals surface area (Å²) in [4.78, 5) is 24.2. The van der Waals surface area contributed by atoms with Crippen molar-refractivity contribution in [3.8, 4) is 0 Å². The van der Waals surface area contributed by atoms with Crippen molar-refractivity contribution in [3.63, 3.8) is 0 Å². The Morgan fingerprint density at radius 3 is 2.63 bits per heavy atom. The standard InChI is InChI=1S/C12H11F3N2O2/c13-12(14,15)8-3-1-4-9(7-8)17-10(18)5-2-6-16-11(17)19/h1,3-4,7H,2,5-6H2,(H,16,19). The van der Waals surface area contributed by atoms with Gasteiger partial charge in [-0.15, -0.1) is 0 Å². The minimum absolute atomic E-state index is 0.0702. The first kappa shape index (κ1) is 13.4. The monoisotopic (exact) mass is 272 g/mol. The van der Waals surface area contributed by atoms with Crippen molar-refractivity contribution < 1.29 is 22.8 Å². The van der Waals surface area contributed by atoms with Crippen LogP contribution >= 0.6 is 0 Å². The molecule has 1 fully saturated rings. The van der Waals surface area contributed by atoms with Crippen LogP contribution in [0.4, 0.5) is 23.7 Å². The lowest BCUT2D eigenvalue weighted by atomic mass is 10.1. The summed E-state index contributed by atoms with van der Waals surface area (Å²) in [5.41, 5.74) is -0.964. The van der Waals surface area contributed by atoms with Crippen molar-refractivity contribution in [2.24, 2.45) is 0 Å². The number of rotatable bonds is 1. The molecule has 1 saturated heterocycles. The average molecular weight is 272 g/mol. The molecular weight excluding hydrogens is 261 g/mol. The molecule has 0 spiro atoms. The van der Waals surface area contributed by atoms with E-state index in [0.29, 0.717) is 13.0 Å². The molecule has 0 aromatic heterocycles. The fraction of sp³-hybridized carbons (Fsp3) is 0.333. The number of hydrogen-bond acceptors (Lipinski definition) is 2. The number of hydrogen-bond donors (Lipinski definition) is 1. The molecule has 0 radical (unpaired) electrons. The Hall–Kier alpha value is -2.05. The first-order valence-corrected chi connectivity index (χ1v) is 5.67. The van der Waals surface area contributed by atoms with Crippen molar-refractivity contribution in [1.29, 1.82) is 0 Å². The van der Waals surface area contributed by atoms with E-state index in [2.05, 4.69) is 5.32 Å². The molecule has 1 aromatic carbocycles. The van der Waals surface area contributed by atoms with E-state index in [0.717, 1.165) is 17.0 Å². The van der Waals surface area contributed by atoms with Crippen molar-refractivity contribution in [2.75, 3.05) is 11.4 Å². The predicted molar refractivity (Wildman–Crippen MR) is 61.6 cm³/mol. The number of urea groups is 1. The molecule has 3 amide bonds. The van der Waals surface area contributed by atoms with Gasteiger partial charge in [-0.2, -0.15) is 13.2 Å². The third-order valence-corrected chi connectivity index (χ3v) is 2.73. The van der Waals surface area contributed by atoms with Gasteiger partial charge in [-0.1, -0.05) is 6.07 Å². The van der Waals surface area contributed by atoms with Crippen LogP contribution in [0.1, 0.15) is 18.4 Å². The zero-order chi connectivity index (χ0) is 14.0. The van der Waals surface area contributed by atoms with Crippen LogP contribution in [0, 0.1) is 0 Å². The topological polar surface area (TPSA) is 49.4 Å². The molecule has 0 aliphatic carbocycles. The quantitative estimate of drug-likeness (QED) is 0.854. The van der Waals surface area contributed by atoms with E-state index in [1.54, 1.807) is 0 Å². The minimum Gasteiger partial charge on any atom is -0.337 e. The van der Waals surface area contributed by atoms with Gasteiger partial charge in [0, 0.05) is 13.0 Å². The highest BCUT2D eigenvalue weighted by molar-refractivity contribution is 6.14. The number of benzene rings is 1. The second-order valence-corrected chi connectivity index (χ2v) is 4.11. The molecule has 0 saturated carbocycles. The number of carbonyl (C=O) groups excluding carboxylic acids is 2. The third kappa shape index (κ3) is 2.86. The molecule has 1 aliphatic rings. The molecule has 7 heteroatoms. The minimum atomic E-state index is -4.51. The number of alkyl halides is 3. The van der Waals surface area contributed by atoms with Crippen LogP contribution in [0.5, 0.6) is 0 Å². The number of amides is 3. The SMILES string of the molecule is O=C1CCCNC(=O)N1c1cccc(C(F)(F)F)c1. The van der Waals surface area contributed by atoms with Gasteiger partial charge in [-0.05, 0) is 24.6 Å². The van der Waals surface area contributed by atoms with Crippen LogP contribution in [0.3, 0.4) is 0 Å². The number of imide groups is 1. The van der Waals surface area contributed by atoms with E-state index in [1.807, 2.05) is 0 Å². The number of anilines is 1. The van der Waals surface area contributed by atoms with E-state index in [4.69, 9.17) is 0 Å². The highest BCUT2D eigenvalue weighted by atomic mass is 19.4. The number of carbonyl (C=O) groups is 2. The highest BCUT2D eigenvalue weighted by Crippen LogP contribution is 2.32. The lowest BCUT2D eigenvalue weighted by Crippen LogP contribution is -2.41. The molecule has 4 nitrogen and oxygen atoms in total. The summed E-state index contributed by atoms with van der Waals surface area (Å²) in [5, 5.41) is 2.47. The van der Waals surface area contributed by atoms with Gasteiger partial charge in [0.05, 0.1) is 11.3 Å². The molecule has 1 aromatic rings. The Bertz CT molecular complexity index is 496. The summed E-state index contributed by atoms with van der Waals surface area (Å²) >= 11 is 0. The van der Waals surface area contributed by atoms with E-state index in [1.165, 1.54) is 12.1 Å². The van der Waals surface area contributed by atoms with Gasteiger partial charge < -0.3 is 5.32 Å². The van der Waals surface area contributed by atoms with E-state index in [-0.39, 0.29) is 12.1 Å². The molecule has 1 aliphatic heterocycles. The van der Waals surface area contributed by atoms with E-state index in [9.17, 15) is 22.8 Å². The summed E-state index contributed by atoms with van der Waals surface area (Å²) in [6.07, 6.45) is -3.92.